The lowest BCUT2D eigenvalue weighted by molar-refractivity contribution is -0.125. The first kappa shape index (κ1) is 17.0. The molecule has 1 saturated heterocycles. The fourth-order valence-corrected chi connectivity index (χ4v) is 3.06. The summed E-state index contributed by atoms with van der Waals surface area (Å²) in [4.78, 5) is 18.3. The molecular formula is C18H16BrClN2O2. The average Bonchev–Trinajstić information content (AvgIpc) is 3.05. The van der Waals surface area contributed by atoms with Crippen LogP contribution in [0.4, 0.5) is 0 Å². The van der Waals surface area contributed by atoms with Crippen molar-refractivity contribution in [1.29, 1.82) is 0 Å². The molecule has 1 amide bonds. The minimum atomic E-state index is -0.0473. The predicted octanol–water partition coefficient (Wildman–Crippen LogP) is 4.19. The molecule has 6 heteroatoms. The normalized spacial score (nSPS) is 17.4. The van der Waals surface area contributed by atoms with Crippen molar-refractivity contribution < 1.29 is 9.53 Å². The highest BCUT2D eigenvalue weighted by molar-refractivity contribution is 9.10. The second kappa shape index (κ2) is 7.81. The van der Waals surface area contributed by atoms with E-state index in [0.29, 0.717) is 24.0 Å². The Morgan fingerprint density at radius 1 is 1.33 bits per heavy atom. The van der Waals surface area contributed by atoms with Crippen molar-refractivity contribution in [3.63, 3.8) is 0 Å². The van der Waals surface area contributed by atoms with Gasteiger partial charge in [-0.3, -0.25) is 4.79 Å². The molecule has 2 heterocycles. The van der Waals surface area contributed by atoms with Crippen molar-refractivity contribution >= 4 is 39.5 Å². The van der Waals surface area contributed by atoms with E-state index in [9.17, 15) is 4.79 Å². The molecule has 2 aromatic rings. The van der Waals surface area contributed by atoms with Crippen LogP contribution in [0.5, 0.6) is 5.88 Å². The number of hydrogen-bond acceptors (Lipinski definition) is 3. The summed E-state index contributed by atoms with van der Waals surface area (Å²) in [5, 5.41) is 0.629. The van der Waals surface area contributed by atoms with Crippen molar-refractivity contribution in [2.75, 3.05) is 13.1 Å². The summed E-state index contributed by atoms with van der Waals surface area (Å²) in [5.41, 5.74) is 0.830. The third kappa shape index (κ3) is 4.16. The van der Waals surface area contributed by atoms with Gasteiger partial charge in [0, 0.05) is 30.3 Å². The smallest absolute Gasteiger partial charge is 0.246 e. The summed E-state index contributed by atoms with van der Waals surface area (Å²) in [7, 11) is 0. The highest BCUT2D eigenvalue weighted by atomic mass is 79.9. The lowest BCUT2D eigenvalue weighted by Gasteiger charge is -2.15. The van der Waals surface area contributed by atoms with E-state index >= 15 is 0 Å². The van der Waals surface area contributed by atoms with E-state index in [0.717, 1.165) is 16.5 Å². The van der Waals surface area contributed by atoms with Gasteiger partial charge in [0.15, 0.2) is 0 Å². The summed E-state index contributed by atoms with van der Waals surface area (Å²) in [6, 6.07) is 11.1. The van der Waals surface area contributed by atoms with Crippen LogP contribution in [-0.4, -0.2) is 35.0 Å². The molecule has 1 fully saturated rings. The van der Waals surface area contributed by atoms with Crippen LogP contribution in [0.3, 0.4) is 0 Å². The SMILES string of the molecule is O=C(/C=C/c1ccccc1Cl)N1CC[C@H](Oc2ncccc2Br)C1. The molecule has 0 saturated carbocycles. The van der Waals surface area contributed by atoms with Gasteiger partial charge in [0.25, 0.3) is 0 Å². The van der Waals surface area contributed by atoms with Crippen molar-refractivity contribution in [2.24, 2.45) is 0 Å². The van der Waals surface area contributed by atoms with Crippen LogP contribution < -0.4 is 4.74 Å². The molecule has 0 unspecified atom stereocenters. The first-order valence-electron chi connectivity index (χ1n) is 7.62. The second-order valence-corrected chi connectivity index (χ2v) is 6.72. The van der Waals surface area contributed by atoms with E-state index in [2.05, 4.69) is 20.9 Å². The number of aromatic nitrogens is 1. The Morgan fingerprint density at radius 3 is 2.96 bits per heavy atom. The van der Waals surface area contributed by atoms with Crippen molar-refractivity contribution in [1.82, 2.24) is 9.88 Å². The summed E-state index contributed by atoms with van der Waals surface area (Å²) >= 11 is 9.50. The average molecular weight is 408 g/mol. The van der Waals surface area contributed by atoms with Gasteiger partial charge in [0.2, 0.25) is 11.8 Å². The molecule has 1 aliphatic rings. The highest BCUT2D eigenvalue weighted by Gasteiger charge is 2.27. The largest absolute Gasteiger partial charge is 0.472 e. The molecule has 1 aromatic carbocycles. The molecule has 1 aliphatic heterocycles. The number of carbonyl (C=O) groups excluding carboxylic acids is 1. The molecule has 3 rings (SSSR count). The molecule has 124 valence electrons. The fraction of sp³-hybridized carbons (Fsp3) is 0.222. The summed E-state index contributed by atoms with van der Waals surface area (Å²) in [5.74, 6) is 0.518. The van der Waals surface area contributed by atoms with Crippen LogP contribution >= 0.6 is 27.5 Å². The predicted molar refractivity (Wildman–Crippen MR) is 98.0 cm³/mol. The van der Waals surface area contributed by atoms with Gasteiger partial charge in [-0.05, 0) is 45.8 Å². The van der Waals surface area contributed by atoms with Gasteiger partial charge in [-0.25, -0.2) is 4.98 Å². The summed E-state index contributed by atoms with van der Waals surface area (Å²) < 4.78 is 6.68. The Labute approximate surface area is 154 Å². The van der Waals surface area contributed by atoms with Gasteiger partial charge in [-0.2, -0.15) is 0 Å². The number of hydrogen-bond donors (Lipinski definition) is 0. The number of ether oxygens (including phenoxy) is 1. The Balaban J connectivity index is 1.58. The third-order valence-electron chi connectivity index (χ3n) is 3.77. The fourth-order valence-electron chi connectivity index (χ4n) is 2.52. The lowest BCUT2D eigenvalue weighted by Crippen LogP contribution is -2.29. The van der Waals surface area contributed by atoms with Crippen LogP contribution in [0.1, 0.15) is 12.0 Å². The van der Waals surface area contributed by atoms with Crippen molar-refractivity contribution in [2.45, 2.75) is 12.5 Å². The Morgan fingerprint density at radius 2 is 2.17 bits per heavy atom. The van der Waals surface area contributed by atoms with E-state index < -0.39 is 0 Å². The van der Waals surface area contributed by atoms with E-state index in [4.69, 9.17) is 16.3 Å². The number of amides is 1. The van der Waals surface area contributed by atoms with Crippen LogP contribution in [-0.2, 0) is 4.79 Å². The Bertz CT molecular complexity index is 766. The quantitative estimate of drug-likeness (QED) is 0.714. The number of rotatable bonds is 4. The maximum absolute atomic E-state index is 12.3. The number of likely N-dealkylation sites (tertiary alicyclic amines) is 1. The highest BCUT2D eigenvalue weighted by Crippen LogP contribution is 2.24. The maximum atomic E-state index is 12.3. The lowest BCUT2D eigenvalue weighted by atomic mass is 10.2. The van der Waals surface area contributed by atoms with Crippen molar-refractivity contribution in [3.05, 3.63) is 63.7 Å². The molecule has 0 radical (unpaired) electrons. The van der Waals surface area contributed by atoms with E-state index in [1.54, 1.807) is 29.3 Å². The third-order valence-corrected chi connectivity index (χ3v) is 4.72. The van der Waals surface area contributed by atoms with Gasteiger partial charge < -0.3 is 9.64 Å². The standard InChI is InChI=1S/C18H16BrClN2O2/c19-15-5-3-10-21-18(15)24-14-9-11-22(12-14)17(23)8-7-13-4-1-2-6-16(13)20/h1-8,10,14H,9,11-12H2/b8-7+/t14-/m0/s1. The molecule has 1 atom stereocenters. The van der Waals surface area contributed by atoms with E-state index in [1.807, 2.05) is 30.3 Å². The molecular weight excluding hydrogens is 392 g/mol. The van der Waals surface area contributed by atoms with E-state index in [-0.39, 0.29) is 12.0 Å². The second-order valence-electron chi connectivity index (χ2n) is 5.46. The topological polar surface area (TPSA) is 42.4 Å². The van der Waals surface area contributed by atoms with Gasteiger partial charge in [0.05, 0.1) is 11.0 Å². The molecule has 0 bridgehead atoms. The number of carbonyl (C=O) groups is 1. The van der Waals surface area contributed by atoms with Crippen LogP contribution in [0.25, 0.3) is 6.08 Å². The number of nitrogens with zero attached hydrogens (tertiary/aromatic N) is 2. The number of halogens is 2. The number of benzene rings is 1. The van der Waals surface area contributed by atoms with Crippen LogP contribution in [0.15, 0.2) is 53.1 Å². The minimum Gasteiger partial charge on any atom is -0.472 e. The first-order chi connectivity index (χ1) is 11.6. The van der Waals surface area contributed by atoms with Gasteiger partial charge in [-0.15, -0.1) is 0 Å². The molecule has 0 N–H and O–H groups in total. The van der Waals surface area contributed by atoms with Crippen molar-refractivity contribution in [3.8, 4) is 5.88 Å². The molecule has 4 nitrogen and oxygen atoms in total. The molecule has 0 aliphatic carbocycles. The first-order valence-corrected chi connectivity index (χ1v) is 8.79. The summed E-state index contributed by atoms with van der Waals surface area (Å²) in [6.07, 6.45) is 5.72. The molecule has 1 aromatic heterocycles. The molecule has 24 heavy (non-hydrogen) atoms. The van der Waals surface area contributed by atoms with Gasteiger partial charge in [-0.1, -0.05) is 29.8 Å². The zero-order valence-corrected chi connectivity index (χ0v) is 15.2. The molecule has 0 spiro atoms. The van der Waals surface area contributed by atoms with Gasteiger partial charge in [0.1, 0.15) is 6.10 Å². The van der Waals surface area contributed by atoms with Gasteiger partial charge >= 0.3 is 0 Å². The number of pyridine rings is 1. The van der Waals surface area contributed by atoms with Crippen LogP contribution in [0.2, 0.25) is 5.02 Å². The Hall–Kier alpha value is -1.85. The van der Waals surface area contributed by atoms with E-state index in [1.165, 1.54) is 0 Å². The van der Waals surface area contributed by atoms with Crippen LogP contribution in [0, 0.1) is 0 Å². The Kier molecular flexibility index (Phi) is 5.53. The zero-order chi connectivity index (χ0) is 16.9. The monoisotopic (exact) mass is 406 g/mol. The minimum absolute atomic E-state index is 0.0406. The zero-order valence-electron chi connectivity index (χ0n) is 12.9. The summed E-state index contributed by atoms with van der Waals surface area (Å²) in [6.45, 7) is 1.22. The maximum Gasteiger partial charge on any atom is 0.246 e.